The number of nitrogens with two attached hydrogens (primary N) is 4. The summed E-state index contributed by atoms with van der Waals surface area (Å²) in [5.74, 6) is -4.68. The minimum absolute atomic E-state index is 0.00926. The van der Waals surface area contributed by atoms with E-state index in [0.717, 1.165) is 6.07 Å². The first-order chi connectivity index (χ1) is 40.7. The number of Topliss-reactive ketones (excluding diaryl/α,β-unsaturated/α-hetero) is 1. The number of amides is 4. The van der Waals surface area contributed by atoms with E-state index >= 15 is 0 Å². The van der Waals surface area contributed by atoms with Crippen molar-refractivity contribution in [1.29, 1.82) is 0 Å². The standard InChI is InChI=1S/C22H20FN5O3.C15H16N4O3.C14H14N4O3.C6H6BrN3O2/c1-28(2)22(31)14-8-6-13(7-9-14)17-11-25-20(24)19(27-17)21(30)26-12-18(29)15-4-3-5-16(23)10-15;1-19(2)14(20)10-6-4-9(5-7-10)11-8-17-13(16)12(18-11)15(21)22-3;1-18(2)13(19)9-5-3-8(4-6-9)10-7-16-12(15)11(17-10)14(20)21;1-12-6(11)4-5(8)9-2-3(7)10-4/h3-11H,12H2,1-2H3,(H2,24,25)(H,26,30);4-8H,1-3H3,(H2,16,17);3-7H,1-2H3,(H2,15,16)(H,20,21);2H,1H3,(H2,8,9). The average molecular weight is 1240 g/mol. The number of ketones is 1. The molecular formula is C57H56BrFN16O11. The number of halogens is 2. The van der Waals surface area contributed by atoms with Gasteiger partial charge in [0.15, 0.2) is 51.8 Å². The van der Waals surface area contributed by atoms with Crippen LogP contribution in [0.25, 0.3) is 33.8 Å². The van der Waals surface area contributed by atoms with Crippen LogP contribution >= 0.6 is 15.9 Å². The quantitative estimate of drug-likeness (QED) is 0.0643. The average Bonchev–Trinajstić information content (AvgIpc) is 3.57. The van der Waals surface area contributed by atoms with Gasteiger partial charge in [0.1, 0.15) is 10.4 Å². The van der Waals surface area contributed by atoms with Crippen molar-refractivity contribution in [1.82, 2.24) is 59.9 Å². The third-order valence-corrected chi connectivity index (χ3v) is 11.8. The van der Waals surface area contributed by atoms with Crippen LogP contribution in [0, 0.1) is 5.82 Å². The van der Waals surface area contributed by atoms with Gasteiger partial charge in [-0.3, -0.25) is 24.0 Å². The Bertz CT molecular complexity index is 3820. The second-order valence-electron chi connectivity index (χ2n) is 18.1. The molecule has 0 saturated heterocycles. The van der Waals surface area contributed by atoms with Crippen molar-refractivity contribution in [3.8, 4) is 33.8 Å². The molecule has 0 spiro atoms. The van der Waals surface area contributed by atoms with E-state index in [1.165, 1.54) is 71.9 Å². The highest BCUT2D eigenvalue weighted by Crippen LogP contribution is 2.23. The van der Waals surface area contributed by atoms with Gasteiger partial charge in [-0.2, -0.15) is 0 Å². The first-order valence-electron chi connectivity index (χ1n) is 24.8. The molecule has 0 saturated carbocycles. The van der Waals surface area contributed by atoms with Gasteiger partial charge in [0.25, 0.3) is 23.6 Å². The predicted molar refractivity (Wildman–Crippen MR) is 317 cm³/mol. The van der Waals surface area contributed by atoms with Crippen molar-refractivity contribution in [3.63, 3.8) is 0 Å². The number of nitrogen functional groups attached to an aromatic ring is 4. The largest absolute Gasteiger partial charge is 0.476 e. The van der Waals surface area contributed by atoms with Crippen molar-refractivity contribution in [2.75, 3.05) is 86.0 Å². The molecule has 27 nitrogen and oxygen atoms in total. The maximum atomic E-state index is 13.3. The Morgan fingerprint density at radius 1 is 0.500 bits per heavy atom. The lowest BCUT2D eigenvalue weighted by molar-refractivity contribution is 0.0586. The van der Waals surface area contributed by atoms with Crippen LogP contribution in [0.5, 0.6) is 0 Å². The SMILES string of the molecule is CN(C)C(=O)c1ccc(-c2cnc(N)c(C(=O)NCC(=O)c3cccc(F)c3)n2)cc1.CN(C)C(=O)c1ccc(-c2cnc(N)c(C(=O)O)n2)cc1.COC(=O)c1nc(-c2ccc(C(=O)N(C)C)cc2)cnc1N.COC(=O)c1nc(Br)cnc1N. The fourth-order valence-electron chi connectivity index (χ4n) is 6.94. The predicted octanol–water partition coefficient (Wildman–Crippen LogP) is 5.13. The lowest BCUT2D eigenvalue weighted by atomic mass is 10.1. The minimum atomic E-state index is -1.23. The molecule has 444 valence electrons. The maximum absolute atomic E-state index is 13.3. The van der Waals surface area contributed by atoms with Gasteiger partial charge in [-0.25, -0.2) is 58.6 Å². The Morgan fingerprint density at radius 3 is 1.22 bits per heavy atom. The number of carboxylic acid groups (broad SMARTS) is 1. The van der Waals surface area contributed by atoms with Gasteiger partial charge in [0.2, 0.25) is 0 Å². The number of methoxy groups -OCH3 is 2. The number of rotatable bonds is 13. The zero-order valence-electron chi connectivity index (χ0n) is 47.3. The van der Waals surface area contributed by atoms with Crippen LogP contribution in [0.2, 0.25) is 0 Å². The van der Waals surface area contributed by atoms with Crippen LogP contribution in [-0.2, 0) is 9.47 Å². The van der Waals surface area contributed by atoms with E-state index in [2.05, 4.69) is 70.6 Å². The molecule has 86 heavy (non-hydrogen) atoms. The van der Waals surface area contributed by atoms with Gasteiger partial charge in [-0.05, 0) is 64.5 Å². The summed E-state index contributed by atoms with van der Waals surface area (Å²) in [6.07, 6.45) is 5.67. The molecule has 8 aromatic rings. The molecule has 0 atom stereocenters. The highest BCUT2D eigenvalue weighted by Gasteiger charge is 2.20. The molecule has 0 fully saturated rings. The van der Waals surface area contributed by atoms with Crippen LogP contribution in [0.3, 0.4) is 0 Å². The highest BCUT2D eigenvalue weighted by molar-refractivity contribution is 9.10. The Hall–Kier alpha value is -11.2. The summed E-state index contributed by atoms with van der Waals surface area (Å²) in [7, 11) is 12.5. The topological polar surface area (TPSA) is 404 Å². The molecule has 0 aliphatic heterocycles. The number of carbonyl (C=O) groups excluding carboxylic acids is 7. The van der Waals surface area contributed by atoms with Gasteiger partial charge in [0, 0.05) is 81.2 Å². The molecule has 0 radical (unpaired) electrons. The zero-order chi connectivity index (χ0) is 63.5. The number of nitrogens with one attached hydrogen (secondary N) is 1. The number of ether oxygens (including phenoxy) is 2. The number of carboxylic acids is 1. The fraction of sp³-hybridized carbons (Fsp3) is 0.158. The first kappa shape index (κ1) is 65.6. The van der Waals surface area contributed by atoms with E-state index in [0.29, 0.717) is 55.1 Å². The van der Waals surface area contributed by atoms with Crippen LogP contribution in [0.4, 0.5) is 27.7 Å². The number of benzene rings is 4. The molecular weight excluding hydrogens is 1180 g/mol. The highest BCUT2D eigenvalue weighted by atomic mass is 79.9. The lowest BCUT2D eigenvalue weighted by Crippen LogP contribution is -2.31. The van der Waals surface area contributed by atoms with Gasteiger partial charge >= 0.3 is 17.9 Å². The Morgan fingerprint density at radius 2 is 0.849 bits per heavy atom. The molecule has 0 bridgehead atoms. The van der Waals surface area contributed by atoms with Crippen molar-refractivity contribution < 1.29 is 57.3 Å². The van der Waals surface area contributed by atoms with E-state index in [-0.39, 0.29) is 75.9 Å². The second kappa shape index (κ2) is 30.2. The Balaban J connectivity index is 0.000000219. The number of aromatic carboxylic acids is 1. The summed E-state index contributed by atoms with van der Waals surface area (Å²) in [5.41, 5.74) is 26.8. The third kappa shape index (κ3) is 17.6. The summed E-state index contributed by atoms with van der Waals surface area (Å²) in [4.78, 5) is 130. The van der Waals surface area contributed by atoms with Gasteiger partial charge < -0.3 is 57.5 Å². The normalized spacial score (nSPS) is 10.2. The van der Waals surface area contributed by atoms with Crippen molar-refractivity contribution in [2.24, 2.45) is 0 Å². The second-order valence-corrected chi connectivity index (χ2v) is 18.9. The maximum Gasteiger partial charge on any atom is 0.360 e. The number of esters is 2. The number of hydrogen-bond acceptors (Lipinski definition) is 22. The van der Waals surface area contributed by atoms with E-state index < -0.39 is 35.4 Å². The third-order valence-electron chi connectivity index (χ3n) is 11.4. The minimum Gasteiger partial charge on any atom is -0.476 e. The summed E-state index contributed by atoms with van der Waals surface area (Å²) in [6, 6.07) is 25.4. The molecule has 0 aliphatic carbocycles. The molecule has 4 aromatic heterocycles. The van der Waals surface area contributed by atoms with Crippen LogP contribution in [-0.4, -0.2) is 170 Å². The number of aromatic nitrogens is 8. The van der Waals surface area contributed by atoms with Crippen LogP contribution < -0.4 is 28.3 Å². The van der Waals surface area contributed by atoms with Crippen LogP contribution in [0.15, 0.2) is 126 Å². The van der Waals surface area contributed by atoms with E-state index in [9.17, 15) is 42.7 Å². The molecule has 4 amide bonds. The fourth-order valence-corrected chi connectivity index (χ4v) is 7.22. The Labute approximate surface area is 498 Å². The van der Waals surface area contributed by atoms with E-state index in [4.69, 9.17) is 28.0 Å². The first-order valence-corrected chi connectivity index (χ1v) is 25.6. The van der Waals surface area contributed by atoms with Gasteiger partial charge in [-0.1, -0.05) is 48.5 Å². The summed E-state index contributed by atoms with van der Waals surface area (Å²) < 4.78 is 22.7. The number of hydrogen-bond donors (Lipinski definition) is 6. The number of anilines is 4. The molecule has 4 aromatic carbocycles. The molecule has 8 rings (SSSR count). The van der Waals surface area contributed by atoms with Crippen LogP contribution in [0.1, 0.15) is 83.4 Å². The monoisotopic (exact) mass is 1240 g/mol. The van der Waals surface area contributed by atoms with E-state index in [1.54, 1.807) is 115 Å². The van der Waals surface area contributed by atoms with Crippen molar-refractivity contribution in [3.05, 3.63) is 177 Å². The Kier molecular flexibility index (Phi) is 23.0. The smallest absolute Gasteiger partial charge is 0.360 e. The van der Waals surface area contributed by atoms with Gasteiger partial charge in [0.05, 0.1) is 62.6 Å². The van der Waals surface area contributed by atoms with Gasteiger partial charge in [-0.15, -0.1) is 0 Å². The summed E-state index contributed by atoms with van der Waals surface area (Å²) >= 11 is 3.06. The summed E-state index contributed by atoms with van der Waals surface area (Å²) in [5, 5.41) is 11.4. The lowest BCUT2D eigenvalue weighted by Gasteiger charge is -2.11. The molecule has 4 heterocycles. The number of nitrogens with zero attached hydrogens (tertiary/aromatic N) is 11. The zero-order valence-corrected chi connectivity index (χ0v) is 48.9. The van der Waals surface area contributed by atoms with Crippen molar-refractivity contribution >= 4 is 86.5 Å². The van der Waals surface area contributed by atoms with Crippen molar-refractivity contribution in [2.45, 2.75) is 0 Å². The van der Waals surface area contributed by atoms with E-state index in [1.807, 2.05) is 0 Å². The molecule has 10 N–H and O–H groups in total. The summed E-state index contributed by atoms with van der Waals surface area (Å²) in [6.45, 7) is -0.352. The number of carbonyl (C=O) groups is 8. The molecule has 0 unspecified atom stereocenters. The molecule has 29 heteroatoms. The molecule has 0 aliphatic rings.